The van der Waals surface area contributed by atoms with E-state index in [1.54, 1.807) is 7.11 Å². The standard InChI is InChI=1S/C11H19NO3/c1-14-11(12-15-2)8-9-6-4-3-5-7-10(9)13/h8-9,12H,3-7H2,1-2H3. The van der Waals surface area contributed by atoms with Crippen LogP contribution in [0.4, 0.5) is 0 Å². The van der Waals surface area contributed by atoms with E-state index < -0.39 is 0 Å². The van der Waals surface area contributed by atoms with E-state index in [1.807, 2.05) is 6.08 Å². The van der Waals surface area contributed by atoms with Crippen molar-refractivity contribution in [2.24, 2.45) is 5.92 Å². The molecule has 0 heterocycles. The molecule has 0 amide bonds. The van der Waals surface area contributed by atoms with Crippen molar-refractivity contribution in [1.29, 1.82) is 0 Å². The topological polar surface area (TPSA) is 47.6 Å². The lowest BCUT2D eigenvalue weighted by Crippen LogP contribution is -2.17. The van der Waals surface area contributed by atoms with E-state index in [0.29, 0.717) is 18.1 Å². The third-order valence-electron chi connectivity index (χ3n) is 2.63. The molecule has 0 aromatic rings. The highest BCUT2D eigenvalue weighted by Gasteiger charge is 2.19. The Balaban J connectivity index is 2.62. The molecule has 4 nitrogen and oxygen atoms in total. The number of ether oxygens (including phenoxy) is 1. The van der Waals surface area contributed by atoms with E-state index in [1.165, 1.54) is 7.11 Å². The molecule has 0 saturated heterocycles. The van der Waals surface area contributed by atoms with Gasteiger partial charge in [0.2, 0.25) is 5.88 Å². The van der Waals surface area contributed by atoms with Crippen LogP contribution in [0.2, 0.25) is 0 Å². The molecule has 15 heavy (non-hydrogen) atoms. The highest BCUT2D eigenvalue weighted by molar-refractivity contribution is 5.82. The Morgan fingerprint density at radius 3 is 2.87 bits per heavy atom. The smallest absolute Gasteiger partial charge is 0.207 e. The molecule has 86 valence electrons. The Hall–Kier alpha value is -1.03. The summed E-state index contributed by atoms with van der Waals surface area (Å²) in [5.41, 5.74) is 2.61. The molecule has 1 aliphatic carbocycles. The number of Topliss-reactive ketones (excluding diaryl/α,β-unsaturated/α-hetero) is 1. The van der Waals surface area contributed by atoms with Crippen molar-refractivity contribution in [2.45, 2.75) is 32.1 Å². The van der Waals surface area contributed by atoms with E-state index in [-0.39, 0.29) is 5.92 Å². The summed E-state index contributed by atoms with van der Waals surface area (Å²) in [5.74, 6) is 0.794. The zero-order valence-electron chi connectivity index (χ0n) is 9.41. The molecule has 1 atom stereocenters. The first-order chi connectivity index (χ1) is 7.27. The molecule has 1 fully saturated rings. The highest BCUT2D eigenvalue weighted by Crippen LogP contribution is 2.21. The molecule has 0 aromatic carbocycles. The van der Waals surface area contributed by atoms with Crippen LogP contribution in [0, 0.1) is 5.92 Å². The number of nitrogens with one attached hydrogen (secondary N) is 1. The number of allylic oxidation sites excluding steroid dienone is 1. The molecule has 0 bridgehead atoms. The molecule has 1 N–H and O–H groups in total. The quantitative estimate of drug-likeness (QED) is 0.439. The van der Waals surface area contributed by atoms with Gasteiger partial charge < -0.3 is 4.74 Å². The van der Waals surface area contributed by atoms with Gasteiger partial charge >= 0.3 is 0 Å². The summed E-state index contributed by atoms with van der Waals surface area (Å²) < 4.78 is 5.06. The van der Waals surface area contributed by atoms with Gasteiger partial charge in [-0.05, 0) is 18.9 Å². The van der Waals surface area contributed by atoms with Crippen molar-refractivity contribution in [3.8, 4) is 0 Å². The summed E-state index contributed by atoms with van der Waals surface area (Å²) in [6, 6.07) is 0. The second-order valence-electron chi connectivity index (χ2n) is 3.71. The number of hydrogen-bond acceptors (Lipinski definition) is 4. The molecule has 0 aliphatic heterocycles. The van der Waals surface area contributed by atoms with E-state index >= 15 is 0 Å². The van der Waals surface area contributed by atoms with E-state index in [9.17, 15) is 4.79 Å². The van der Waals surface area contributed by atoms with Crippen LogP contribution < -0.4 is 5.48 Å². The summed E-state index contributed by atoms with van der Waals surface area (Å²) in [7, 11) is 3.07. The summed E-state index contributed by atoms with van der Waals surface area (Å²) in [6.45, 7) is 0. The Morgan fingerprint density at radius 2 is 2.20 bits per heavy atom. The predicted octanol–water partition coefficient (Wildman–Crippen LogP) is 1.77. The van der Waals surface area contributed by atoms with Gasteiger partial charge in [0, 0.05) is 12.3 Å². The molecule has 0 aromatic heterocycles. The van der Waals surface area contributed by atoms with Gasteiger partial charge in [-0.2, -0.15) is 0 Å². The number of methoxy groups -OCH3 is 1. The normalized spacial score (nSPS) is 23.5. The summed E-state index contributed by atoms with van der Waals surface area (Å²) in [6.07, 6.45) is 6.69. The van der Waals surface area contributed by atoms with E-state index in [2.05, 4.69) is 5.48 Å². The maximum Gasteiger partial charge on any atom is 0.207 e. The number of ketones is 1. The lowest BCUT2D eigenvalue weighted by molar-refractivity contribution is -0.121. The van der Waals surface area contributed by atoms with Crippen molar-refractivity contribution < 1.29 is 14.4 Å². The van der Waals surface area contributed by atoms with Crippen molar-refractivity contribution in [3.63, 3.8) is 0 Å². The fourth-order valence-electron chi connectivity index (χ4n) is 1.79. The number of carbonyl (C=O) groups is 1. The maximum atomic E-state index is 11.7. The second-order valence-corrected chi connectivity index (χ2v) is 3.71. The van der Waals surface area contributed by atoms with Crippen LogP contribution in [0.5, 0.6) is 0 Å². The SMILES string of the molecule is CONC(=CC1CCCCCC1=O)OC. The summed E-state index contributed by atoms with van der Waals surface area (Å²) in [4.78, 5) is 16.4. The lowest BCUT2D eigenvalue weighted by Gasteiger charge is -2.11. The van der Waals surface area contributed by atoms with Crippen molar-refractivity contribution in [2.75, 3.05) is 14.2 Å². The molecular formula is C11H19NO3. The van der Waals surface area contributed by atoms with Crippen molar-refractivity contribution in [3.05, 3.63) is 12.0 Å². The average molecular weight is 213 g/mol. The van der Waals surface area contributed by atoms with Crippen LogP contribution in [0.3, 0.4) is 0 Å². The monoisotopic (exact) mass is 213 g/mol. The fourth-order valence-corrected chi connectivity index (χ4v) is 1.79. The van der Waals surface area contributed by atoms with Crippen LogP contribution in [0.1, 0.15) is 32.1 Å². The minimum Gasteiger partial charge on any atom is -0.481 e. The minimum atomic E-state index is -0.0231. The number of hydroxylamine groups is 1. The average Bonchev–Trinajstić information content (AvgIpc) is 2.43. The van der Waals surface area contributed by atoms with Gasteiger partial charge in [0.15, 0.2) is 0 Å². The van der Waals surface area contributed by atoms with Crippen LogP contribution in [0.25, 0.3) is 0 Å². The van der Waals surface area contributed by atoms with Crippen LogP contribution in [0.15, 0.2) is 12.0 Å². The zero-order chi connectivity index (χ0) is 11.1. The van der Waals surface area contributed by atoms with Gasteiger partial charge in [0.05, 0.1) is 14.2 Å². The largest absolute Gasteiger partial charge is 0.481 e. The first-order valence-electron chi connectivity index (χ1n) is 5.35. The third kappa shape index (κ3) is 3.91. The van der Waals surface area contributed by atoms with Gasteiger partial charge in [-0.1, -0.05) is 12.8 Å². The number of hydrogen-bond donors (Lipinski definition) is 1. The lowest BCUT2D eigenvalue weighted by atomic mass is 9.99. The minimum absolute atomic E-state index is 0.0231. The molecular weight excluding hydrogens is 194 g/mol. The molecule has 4 heteroatoms. The maximum absolute atomic E-state index is 11.7. The van der Waals surface area contributed by atoms with Crippen molar-refractivity contribution >= 4 is 5.78 Å². The third-order valence-corrected chi connectivity index (χ3v) is 2.63. The number of rotatable bonds is 4. The fraction of sp³-hybridized carbons (Fsp3) is 0.727. The van der Waals surface area contributed by atoms with Gasteiger partial charge in [0.25, 0.3) is 0 Å². The molecule has 1 saturated carbocycles. The van der Waals surface area contributed by atoms with Gasteiger partial charge in [0.1, 0.15) is 5.78 Å². The summed E-state index contributed by atoms with van der Waals surface area (Å²) >= 11 is 0. The second kappa shape index (κ2) is 6.45. The van der Waals surface area contributed by atoms with Gasteiger partial charge in [-0.15, -0.1) is 0 Å². The highest BCUT2D eigenvalue weighted by atomic mass is 16.7. The Morgan fingerprint density at radius 1 is 1.40 bits per heavy atom. The molecule has 1 unspecified atom stereocenters. The van der Waals surface area contributed by atoms with Crippen molar-refractivity contribution in [1.82, 2.24) is 5.48 Å². The van der Waals surface area contributed by atoms with Crippen LogP contribution >= 0.6 is 0 Å². The number of carbonyl (C=O) groups excluding carboxylic acids is 1. The van der Waals surface area contributed by atoms with Crippen LogP contribution in [-0.2, 0) is 14.4 Å². The Kier molecular flexibility index (Phi) is 5.18. The summed E-state index contributed by atoms with van der Waals surface area (Å²) in [5, 5.41) is 0. The Bertz CT molecular complexity index is 238. The first kappa shape index (κ1) is 12.0. The molecule has 1 rings (SSSR count). The van der Waals surface area contributed by atoms with Gasteiger partial charge in [-0.25, -0.2) is 5.48 Å². The first-order valence-corrected chi connectivity index (χ1v) is 5.35. The van der Waals surface area contributed by atoms with Crippen LogP contribution in [-0.4, -0.2) is 20.0 Å². The van der Waals surface area contributed by atoms with E-state index in [4.69, 9.17) is 9.57 Å². The molecule has 0 radical (unpaired) electrons. The van der Waals surface area contributed by atoms with E-state index in [0.717, 1.165) is 25.7 Å². The zero-order valence-corrected chi connectivity index (χ0v) is 9.41. The molecule has 1 aliphatic rings. The predicted molar refractivity (Wildman–Crippen MR) is 56.8 cm³/mol. The Labute approximate surface area is 90.6 Å². The van der Waals surface area contributed by atoms with Gasteiger partial charge in [-0.3, -0.25) is 9.63 Å². The molecule has 0 spiro atoms.